The van der Waals surface area contributed by atoms with Crippen molar-refractivity contribution in [3.05, 3.63) is 125 Å². The number of aliphatic imine (C=N–C) groups is 1. The van der Waals surface area contributed by atoms with Crippen molar-refractivity contribution in [2.75, 3.05) is 0 Å². The van der Waals surface area contributed by atoms with E-state index in [0.717, 1.165) is 38.9 Å². The third kappa shape index (κ3) is 5.42. The van der Waals surface area contributed by atoms with Crippen LogP contribution >= 0.6 is 0 Å². The fourth-order valence-corrected chi connectivity index (χ4v) is 7.42. The van der Waals surface area contributed by atoms with Crippen molar-refractivity contribution in [3.8, 4) is 17.3 Å². The van der Waals surface area contributed by atoms with Gasteiger partial charge in [-0.1, -0.05) is 61.5 Å². The highest BCUT2D eigenvalue weighted by Crippen LogP contribution is 2.53. The Balaban J connectivity index is 1.25. The second-order valence-corrected chi connectivity index (χ2v) is 16.9. The van der Waals surface area contributed by atoms with E-state index in [1.807, 2.05) is 32.2 Å². The highest BCUT2D eigenvalue weighted by Gasteiger charge is 2.59. The van der Waals surface area contributed by atoms with Gasteiger partial charge in [0, 0.05) is 55.7 Å². The van der Waals surface area contributed by atoms with Gasteiger partial charge in [-0.2, -0.15) is 0 Å². The zero-order valence-electron chi connectivity index (χ0n) is 33.3. The molecule has 0 bridgehead atoms. The van der Waals surface area contributed by atoms with Gasteiger partial charge in [0.25, 0.3) is 0 Å². The van der Waals surface area contributed by atoms with Crippen molar-refractivity contribution in [3.63, 3.8) is 0 Å². The normalized spacial score (nSPS) is 21.7. The lowest BCUT2D eigenvalue weighted by atomic mass is 9.84. The Morgan fingerprint density at radius 3 is 2.31 bits per heavy atom. The van der Waals surface area contributed by atoms with Crippen LogP contribution in [-0.4, -0.2) is 26.0 Å². The molecule has 0 radical (unpaired) electrons. The predicted octanol–water partition coefficient (Wildman–Crippen LogP) is 11.1. The fraction of sp³-hybridized carbons (Fsp3) is 0.356. The van der Waals surface area contributed by atoms with E-state index in [2.05, 4.69) is 120 Å². The molecule has 0 saturated heterocycles. The summed E-state index contributed by atoms with van der Waals surface area (Å²) in [4.78, 5) is 14.3. The number of pyridine rings is 2. The van der Waals surface area contributed by atoms with Gasteiger partial charge in [0.05, 0.1) is 11.0 Å². The van der Waals surface area contributed by atoms with Crippen molar-refractivity contribution < 1.29 is 12.2 Å². The van der Waals surface area contributed by atoms with Crippen LogP contribution in [0.3, 0.4) is 0 Å². The molecule has 4 heterocycles. The van der Waals surface area contributed by atoms with Gasteiger partial charge in [-0.3, -0.25) is 9.55 Å². The number of hydrogen-bond acceptors (Lipinski definition) is 5. The number of nitrogens with zero attached hydrogens (tertiary/aromatic N) is 4. The van der Waals surface area contributed by atoms with Crippen LogP contribution in [0, 0.1) is 0 Å². The molecule has 1 aliphatic heterocycles. The van der Waals surface area contributed by atoms with Gasteiger partial charge in [0.1, 0.15) is 28.5 Å². The van der Waals surface area contributed by atoms with Crippen LogP contribution in [0.2, 0.25) is 0 Å². The number of hydrogen-bond donors (Lipinski definition) is 0. The summed E-state index contributed by atoms with van der Waals surface area (Å²) in [5.74, 6) is 2.81. The van der Waals surface area contributed by atoms with Crippen LogP contribution in [0.5, 0.6) is 11.5 Å². The van der Waals surface area contributed by atoms with Crippen molar-refractivity contribution in [1.29, 1.82) is 0 Å². The Kier molecular flexibility index (Phi) is 6.81. The van der Waals surface area contributed by atoms with Crippen molar-refractivity contribution >= 4 is 27.7 Å². The fourth-order valence-electron chi connectivity index (χ4n) is 7.42. The second-order valence-electron chi connectivity index (χ2n) is 16.9. The number of fused-ring (bicyclic) bond motifs is 6. The summed E-state index contributed by atoms with van der Waals surface area (Å²) in [7, 11) is 0. The van der Waals surface area contributed by atoms with E-state index in [1.165, 1.54) is 16.5 Å². The molecule has 0 spiro atoms. The first-order valence-corrected chi connectivity index (χ1v) is 17.9. The van der Waals surface area contributed by atoms with E-state index in [4.69, 9.17) is 22.2 Å². The SMILES string of the molecule is [2H]C1([2H])c2ccncc2[C@@]2(C)N=C(c3cc(Oc4ccc5c6cc(C(C)(C)C)ccc6n(-c6cc(C(C)(C)C)ccn6)c5c4)cc(C(C)C)c3)O[C@@]12C. The van der Waals surface area contributed by atoms with Crippen molar-refractivity contribution in [1.82, 2.24) is 14.5 Å². The molecule has 8 rings (SSSR count). The van der Waals surface area contributed by atoms with Crippen molar-refractivity contribution in [2.24, 2.45) is 4.99 Å². The Morgan fingerprint density at radius 1 is 0.804 bits per heavy atom. The summed E-state index contributed by atoms with van der Waals surface area (Å²) < 4.78 is 33.9. The molecule has 0 saturated carbocycles. The maximum absolute atomic E-state index is 9.15. The summed E-state index contributed by atoms with van der Waals surface area (Å²) in [6.45, 7) is 21.5. The second kappa shape index (κ2) is 11.3. The summed E-state index contributed by atoms with van der Waals surface area (Å²) >= 11 is 0. The molecule has 2 aliphatic rings. The molecule has 1 aliphatic carbocycles. The number of benzene rings is 3. The van der Waals surface area contributed by atoms with Gasteiger partial charge < -0.3 is 9.47 Å². The lowest BCUT2D eigenvalue weighted by Crippen LogP contribution is -2.41. The first kappa shape index (κ1) is 30.8. The van der Waals surface area contributed by atoms with Crippen LogP contribution in [-0.2, 0) is 27.5 Å². The highest BCUT2D eigenvalue weighted by molar-refractivity contribution is 6.09. The van der Waals surface area contributed by atoms with Crippen molar-refractivity contribution in [2.45, 2.75) is 103 Å². The molecule has 3 aromatic heterocycles. The van der Waals surface area contributed by atoms with Crippen LogP contribution in [0.15, 0.2) is 96.4 Å². The molecule has 51 heavy (non-hydrogen) atoms. The Labute approximate surface area is 304 Å². The largest absolute Gasteiger partial charge is 0.468 e. The molecule has 0 amide bonds. The van der Waals surface area contributed by atoms with Gasteiger partial charge >= 0.3 is 0 Å². The Hall–Kier alpha value is -4.97. The average molecular weight is 679 g/mol. The zero-order chi connectivity index (χ0) is 37.9. The topological polar surface area (TPSA) is 61.5 Å². The predicted molar refractivity (Wildman–Crippen MR) is 208 cm³/mol. The Bertz CT molecular complexity index is 2490. The molecule has 0 unspecified atom stereocenters. The van der Waals surface area contributed by atoms with Crippen LogP contribution in [0.4, 0.5) is 0 Å². The van der Waals surface area contributed by atoms with E-state index < -0.39 is 17.5 Å². The molecule has 3 aromatic carbocycles. The van der Waals surface area contributed by atoms with Crippen LogP contribution in [0.1, 0.15) is 111 Å². The average Bonchev–Trinajstić information content (AvgIpc) is 3.62. The summed E-state index contributed by atoms with van der Waals surface area (Å²) in [6.07, 6.45) is 3.48. The standard InChI is InChI=1S/C45H48N4O2/c1-27(2)29-19-30(41-48-45(10)37-26-46-17-15-28(37)25-44(45,9)51-41)21-34(20-29)50-33-12-13-35-36-22-31(42(3,4)5)11-14-38(36)49(39(35)24-33)40-23-32(16-18-47-40)43(6,7)8/h11-24,26-27H,25H2,1-10H3/t44-,45+/m0/s1/i25D2. The molecule has 6 aromatic rings. The molecular weight excluding hydrogens is 629 g/mol. The van der Waals surface area contributed by atoms with Gasteiger partial charge in [0.15, 0.2) is 0 Å². The van der Waals surface area contributed by atoms with E-state index >= 15 is 0 Å². The highest BCUT2D eigenvalue weighted by atomic mass is 16.5. The van der Waals surface area contributed by atoms with Gasteiger partial charge in [0.2, 0.25) is 5.90 Å². The number of rotatable bonds is 5. The first-order chi connectivity index (χ1) is 24.8. The minimum atomic E-state index is -1.77. The van der Waals surface area contributed by atoms with Crippen LogP contribution < -0.4 is 4.74 Å². The monoisotopic (exact) mass is 678 g/mol. The molecule has 6 heteroatoms. The van der Waals surface area contributed by atoms with E-state index in [9.17, 15) is 0 Å². The van der Waals surface area contributed by atoms with Gasteiger partial charge in [-0.15, -0.1) is 0 Å². The molecule has 0 fully saturated rings. The quantitative estimate of drug-likeness (QED) is 0.182. The lowest BCUT2D eigenvalue weighted by Gasteiger charge is -2.31. The summed E-state index contributed by atoms with van der Waals surface area (Å²) in [5.41, 5.74) is 5.48. The minimum absolute atomic E-state index is 0.000866. The first-order valence-electron chi connectivity index (χ1n) is 18.9. The third-order valence-corrected chi connectivity index (χ3v) is 10.8. The zero-order valence-corrected chi connectivity index (χ0v) is 31.3. The van der Waals surface area contributed by atoms with Gasteiger partial charge in [-0.05, 0) is 114 Å². The molecular formula is C45H48N4O2. The van der Waals surface area contributed by atoms with Gasteiger partial charge in [-0.25, -0.2) is 9.98 Å². The Morgan fingerprint density at radius 2 is 1.57 bits per heavy atom. The maximum atomic E-state index is 9.15. The van der Waals surface area contributed by atoms with Crippen LogP contribution in [0.25, 0.3) is 27.6 Å². The maximum Gasteiger partial charge on any atom is 0.217 e. The minimum Gasteiger partial charge on any atom is -0.468 e. The summed E-state index contributed by atoms with van der Waals surface area (Å²) in [6, 6.07) is 25.2. The lowest BCUT2D eigenvalue weighted by molar-refractivity contribution is 0.0475. The smallest absolute Gasteiger partial charge is 0.217 e. The number of ether oxygens (including phenoxy) is 2. The molecule has 6 nitrogen and oxygen atoms in total. The third-order valence-electron chi connectivity index (χ3n) is 10.8. The summed E-state index contributed by atoms with van der Waals surface area (Å²) in [5, 5.41) is 2.30. The van der Waals surface area contributed by atoms with E-state index in [0.29, 0.717) is 23.0 Å². The molecule has 2 atom stereocenters. The molecule has 260 valence electrons. The number of aromatic nitrogens is 3. The molecule has 0 N–H and O–H groups in total. The van der Waals surface area contributed by atoms with E-state index in [-0.39, 0.29) is 16.7 Å². The van der Waals surface area contributed by atoms with E-state index in [1.54, 1.807) is 18.5 Å².